The molecule has 0 aliphatic rings. The van der Waals surface area contributed by atoms with Gasteiger partial charge in [-0.3, -0.25) is 0 Å². The smallest absolute Gasteiger partial charge is 0.216 e. The van der Waals surface area contributed by atoms with Crippen molar-refractivity contribution in [3.8, 4) is 22.9 Å². The molecule has 27 heavy (non-hydrogen) atoms. The second kappa shape index (κ2) is 8.64. The maximum atomic E-state index is 5.69. The molecule has 1 aromatic heterocycles. The van der Waals surface area contributed by atoms with Gasteiger partial charge in [0.15, 0.2) is 17.3 Å². The maximum absolute atomic E-state index is 5.69. The zero-order valence-electron chi connectivity index (χ0n) is 15.6. The summed E-state index contributed by atoms with van der Waals surface area (Å²) < 4.78 is 13.2. The first-order chi connectivity index (χ1) is 13.1. The predicted octanol–water partition coefficient (Wildman–Crippen LogP) is 4.60. The highest BCUT2D eigenvalue weighted by Crippen LogP contribution is 2.28. The molecule has 0 bridgehead atoms. The molecule has 0 aliphatic carbocycles. The Morgan fingerprint density at radius 1 is 1.22 bits per heavy atom. The van der Waals surface area contributed by atoms with E-state index in [0.29, 0.717) is 23.0 Å². The molecule has 3 rings (SSSR count). The maximum Gasteiger partial charge on any atom is 0.216 e. The quantitative estimate of drug-likeness (QED) is 0.479. The van der Waals surface area contributed by atoms with E-state index in [-0.39, 0.29) is 0 Å². The van der Waals surface area contributed by atoms with E-state index in [1.807, 2.05) is 49.4 Å². The first-order valence-corrected chi connectivity index (χ1v) is 9.13. The van der Waals surface area contributed by atoms with Crippen LogP contribution in [0.25, 0.3) is 11.4 Å². The van der Waals surface area contributed by atoms with Crippen LogP contribution in [0.2, 0.25) is 0 Å². The molecule has 0 amide bonds. The third-order valence-corrected chi connectivity index (χ3v) is 4.27. The van der Waals surface area contributed by atoms with Crippen molar-refractivity contribution >= 4 is 18.4 Å². The fourth-order valence-electron chi connectivity index (χ4n) is 2.62. The van der Waals surface area contributed by atoms with Crippen LogP contribution in [0.4, 0.5) is 0 Å². The number of rotatable bonds is 7. The van der Waals surface area contributed by atoms with Crippen LogP contribution < -0.4 is 9.47 Å². The number of nitrogens with one attached hydrogen (secondary N) is 1. The minimum Gasteiger partial charge on any atom is -0.493 e. The number of aromatic nitrogens is 3. The number of ether oxygens (including phenoxy) is 2. The Labute approximate surface area is 163 Å². The second-order valence-corrected chi connectivity index (χ2v) is 6.37. The topological polar surface area (TPSA) is 64.4 Å². The summed E-state index contributed by atoms with van der Waals surface area (Å²) in [6.07, 6.45) is 2.66. The fourth-order valence-corrected chi connectivity index (χ4v) is 2.80. The van der Waals surface area contributed by atoms with Crippen molar-refractivity contribution < 1.29 is 9.47 Å². The number of methoxy groups -OCH3 is 1. The normalized spacial score (nSPS) is 11.1. The largest absolute Gasteiger partial charge is 0.493 e. The molecule has 2 aromatic carbocycles. The Kier molecular flexibility index (Phi) is 6.03. The molecule has 140 valence electrons. The highest BCUT2D eigenvalue weighted by atomic mass is 32.1. The summed E-state index contributed by atoms with van der Waals surface area (Å²) in [5.41, 5.74) is 2.94. The van der Waals surface area contributed by atoms with E-state index in [1.165, 1.54) is 0 Å². The molecule has 0 radical (unpaired) electrons. The van der Waals surface area contributed by atoms with Crippen molar-refractivity contribution in [2.45, 2.75) is 20.3 Å². The van der Waals surface area contributed by atoms with Crippen LogP contribution in [0.15, 0.2) is 47.6 Å². The van der Waals surface area contributed by atoms with Gasteiger partial charge >= 0.3 is 0 Å². The molecule has 1 heterocycles. The number of hydrogen-bond donors (Lipinski definition) is 1. The van der Waals surface area contributed by atoms with E-state index in [9.17, 15) is 0 Å². The first kappa shape index (κ1) is 18.8. The van der Waals surface area contributed by atoms with Crippen molar-refractivity contribution in [1.29, 1.82) is 0 Å². The van der Waals surface area contributed by atoms with Gasteiger partial charge in [-0.2, -0.15) is 14.9 Å². The van der Waals surface area contributed by atoms with Crippen molar-refractivity contribution in [2.75, 3.05) is 13.7 Å². The monoisotopic (exact) mass is 382 g/mol. The Morgan fingerprint density at radius 3 is 2.78 bits per heavy atom. The zero-order chi connectivity index (χ0) is 19.2. The molecule has 0 atom stereocenters. The van der Waals surface area contributed by atoms with Crippen LogP contribution in [0.1, 0.15) is 24.5 Å². The van der Waals surface area contributed by atoms with Crippen molar-refractivity contribution in [3.63, 3.8) is 0 Å². The number of H-pyrrole nitrogens is 1. The number of benzene rings is 2. The highest BCUT2D eigenvalue weighted by Gasteiger charge is 2.10. The van der Waals surface area contributed by atoms with Crippen LogP contribution >= 0.6 is 12.2 Å². The summed E-state index contributed by atoms with van der Waals surface area (Å²) in [6.45, 7) is 4.74. The highest BCUT2D eigenvalue weighted by molar-refractivity contribution is 7.71. The van der Waals surface area contributed by atoms with E-state index in [0.717, 1.165) is 28.9 Å². The second-order valence-electron chi connectivity index (χ2n) is 5.98. The van der Waals surface area contributed by atoms with Crippen LogP contribution in [0.3, 0.4) is 0 Å². The van der Waals surface area contributed by atoms with Gasteiger partial charge in [-0.25, -0.2) is 5.10 Å². The average Bonchev–Trinajstić information content (AvgIpc) is 3.05. The lowest BCUT2D eigenvalue weighted by Gasteiger charge is -2.10. The third kappa shape index (κ3) is 4.25. The Hall–Kier alpha value is -2.93. The SMILES string of the molecule is CCCOc1ccc(/C=N\n2c(-c3ccccc3C)n[nH]c2=S)cc1OC. The van der Waals surface area contributed by atoms with E-state index in [2.05, 4.69) is 22.2 Å². The molecule has 0 spiro atoms. The van der Waals surface area contributed by atoms with Gasteiger partial charge in [-0.1, -0.05) is 31.2 Å². The van der Waals surface area contributed by atoms with E-state index >= 15 is 0 Å². The lowest BCUT2D eigenvalue weighted by molar-refractivity contribution is 0.294. The Balaban J connectivity index is 1.92. The van der Waals surface area contributed by atoms with Crippen LogP contribution in [0.5, 0.6) is 11.5 Å². The van der Waals surface area contributed by atoms with Crippen LogP contribution in [0, 0.1) is 11.7 Å². The standard InChI is InChI=1S/C20H22N4O2S/c1-4-11-26-17-10-9-15(12-18(17)25-3)13-21-24-19(22-23-20(24)27)16-8-6-5-7-14(16)2/h5-10,12-13H,4,11H2,1-3H3,(H,23,27)/b21-13-. The molecule has 7 heteroatoms. The summed E-state index contributed by atoms with van der Waals surface area (Å²) >= 11 is 5.34. The lowest BCUT2D eigenvalue weighted by atomic mass is 10.1. The summed E-state index contributed by atoms with van der Waals surface area (Å²) in [4.78, 5) is 0. The molecule has 0 saturated heterocycles. The third-order valence-electron chi connectivity index (χ3n) is 4.01. The number of aryl methyl sites for hydroxylation is 1. The van der Waals surface area contributed by atoms with Gasteiger partial charge < -0.3 is 9.47 Å². The summed E-state index contributed by atoms with van der Waals surface area (Å²) in [6, 6.07) is 13.7. The molecule has 1 N–H and O–H groups in total. The average molecular weight is 382 g/mol. The van der Waals surface area contributed by atoms with Crippen LogP contribution in [-0.4, -0.2) is 34.8 Å². The summed E-state index contributed by atoms with van der Waals surface area (Å²) in [7, 11) is 1.62. The van der Waals surface area contributed by atoms with Crippen molar-refractivity contribution in [1.82, 2.24) is 14.9 Å². The molecule has 0 fully saturated rings. The number of aromatic amines is 1. The van der Waals surface area contributed by atoms with Gasteiger partial charge in [-0.15, -0.1) is 0 Å². The van der Waals surface area contributed by atoms with E-state index < -0.39 is 0 Å². The Bertz CT molecular complexity index is 1010. The summed E-state index contributed by atoms with van der Waals surface area (Å²) in [5.74, 6) is 2.06. The number of nitrogens with zero attached hydrogens (tertiary/aromatic N) is 3. The minimum absolute atomic E-state index is 0.430. The Morgan fingerprint density at radius 2 is 2.04 bits per heavy atom. The molecule has 3 aromatic rings. The molecule has 6 nitrogen and oxygen atoms in total. The first-order valence-electron chi connectivity index (χ1n) is 8.72. The van der Waals surface area contributed by atoms with Crippen LogP contribution in [-0.2, 0) is 0 Å². The molecular weight excluding hydrogens is 360 g/mol. The van der Waals surface area contributed by atoms with Gasteiger partial charge in [0.05, 0.1) is 19.9 Å². The summed E-state index contributed by atoms with van der Waals surface area (Å²) in [5, 5.41) is 11.7. The van der Waals surface area contributed by atoms with Gasteiger partial charge in [0.2, 0.25) is 4.77 Å². The predicted molar refractivity (Wildman–Crippen MR) is 109 cm³/mol. The lowest BCUT2D eigenvalue weighted by Crippen LogP contribution is -1.99. The molecular formula is C20H22N4O2S. The zero-order valence-corrected chi connectivity index (χ0v) is 16.4. The molecule has 0 unspecified atom stereocenters. The van der Waals surface area contributed by atoms with Gasteiger partial charge in [0, 0.05) is 5.56 Å². The van der Waals surface area contributed by atoms with Crippen molar-refractivity contribution in [2.24, 2.45) is 5.10 Å². The van der Waals surface area contributed by atoms with Gasteiger partial charge in [0.1, 0.15) is 0 Å². The van der Waals surface area contributed by atoms with Crippen molar-refractivity contribution in [3.05, 3.63) is 58.4 Å². The van der Waals surface area contributed by atoms with Gasteiger partial charge in [0.25, 0.3) is 0 Å². The molecule has 0 saturated carbocycles. The fraction of sp³-hybridized carbons (Fsp3) is 0.250. The molecule has 0 aliphatic heterocycles. The number of hydrogen-bond acceptors (Lipinski definition) is 5. The minimum atomic E-state index is 0.430. The van der Waals surface area contributed by atoms with E-state index in [4.69, 9.17) is 21.7 Å². The van der Waals surface area contributed by atoms with E-state index in [1.54, 1.807) is 18.0 Å². The van der Waals surface area contributed by atoms with Gasteiger partial charge in [-0.05, 0) is 54.9 Å².